The van der Waals surface area contributed by atoms with Gasteiger partial charge in [0.25, 0.3) is 0 Å². The molecule has 0 radical (unpaired) electrons. The first-order chi connectivity index (χ1) is 39.5. The Morgan fingerprint density at radius 2 is 0.487 bits per heavy atom. The van der Waals surface area contributed by atoms with Gasteiger partial charge in [0.05, 0.1) is 0 Å². The van der Waals surface area contributed by atoms with Crippen molar-refractivity contribution in [2.75, 3.05) is 13.2 Å². The maximum atomic E-state index is 12.9. The third kappa shape index (κ3) is 64.4. The van der Waals surface area contributed by atoms with Crippen molar-refractivity contribution in [2.24, 2.45) is 0 Å². The fourth-order valence-electron chi connectivity index (χ4n) is 8.89. The number of unbranched alkanes of at least 4 members (excludes halogenated alkanes) is 26. The maximum Gasteiger partial charge on any atom is 0.306 e. The van der Waals surface area contributed by atoms with E-state index in [9.17, 15) is 14.4 Å². The van der Waals surface area contributed by atoms with Crippen molar-refractivity contribution in [3.05, 3.63) is 134 Å². The number of carbonyl (C=O) groups is 3. The van der Waals surface area contributed by atoms with E-state index >= 15 is 0 Å². The molecule has 1 unspecified atom stereocenters. The average molecular weight is 1110 g/mol. The van der Waals surface area contributed by atoms with E-state index in [1.165, 1.54) is 128 Å². The number of hydrogen-bond donors (Lipinski definition) is 0. The molecule has 454 valence electrons. The van der Waals surface area contributed by atoms with Crippen LogP contribution >= 0.6 is 0 Å². The first-order valence-electron chi connectivity index (χ1n) is 33.2. The van der Waals surface area contributed by atoms with E-state index in [0.717, 1.165) is 122 Å². The van der Waals surface area contributed by atoms with Crippen LogP contribution in [0.4, 0.5) is 0 Å². The Balaban J connectivity index is 4.48. The SMILES string of the molecule is CC/C=C\C/C=C\C/C=C\C/C=C\C/C=C\C/C=C\C/C=C\C/C=C\CCCCC(=O)OCC(COC(=O)CCCCCCC/C=C\CCCCCCCCC)OC(=O)CCCCCCCCCCC/C=C\C/C=C\CCCCC. The molecule has 0 saturated carbocycles. The molecule has 0 amide bonds. The van der Waals surface area contributed by atoms with E-state index in [4.69, 9.17) is 14.2 Å². The Morgan fingerprint density at radius 1 is 0.263 bits per heavy atom. The summed E-state index contributed by atoms with van der Waals surface area (Å²) >= 11 is 0. The van der Waals surface area contributed by atoms with Gasteiger partial charge < -0.3 is 14.2 Å². The third-order valence-electron chi connectivity index (χ3n) is 13.9. The number of hydrogen-bond acceptors (Lipinski definition) is 6. The van der Waals surface area contributed by atoms with Gasteiger partial charge in [0, 0.05) is 19.3 Å². The van der Waals surface area contributed by atoms with Crippen LogP contribution in [0.1, 0.15) is 297 Å². The molecular weight excluding hydrogens is 985 g/mol. The molecule has 0 aromatic rings. The van der Waals surface area contributed by atoms with Crippen molar-refractivity contribution in [1.82, 2.24) is 0 Å². The summed E-state index contributed by atoms with van der Waals surface area (Å²) in [6.45, 7) is 6.47. The zero-order chi connectivity index (χ0) is 57.8. The molecule has 0 aromatic carbocycles. The number of allylic oxidation sites excluding steroid dienone is 22. The first kappa shape index (κ1) is 75.5. The molecule has 0 aliphatic carbocycles. The van der Waals surface area contributed by atoms with Gasteiger partial charge in [-0.15, -0.1) is 0 Å². The van der Waals surface area contributed by atoms with Gasteiger partial charge in [-0.2, -0.15) is 0 Å². The summed E-state index contributed by atoms with van der Waals surface area (Å²) in [6, 6.07) is 0. The molecule has 0 bridgehead atoms. The molecule has 0 N–H and O–H groups in total. The summed E-state index contributed by atoms with van der Waals surface area (Å²) in [5, 5.41) is 0. The monoisotopic (exact) mass is 1110 g/mol. The summed E-state index contributed by atoms with van der Waals surface area (Å²) in [7, 11) is 0. The van der Waals surface area contributed by atoms with Crippen molar-refractivity contribution in [3.63, 3.8) is 0 Å². The highest BCUT2D eigenvalue weighted by molar-refractivity contribution is 5.71. The normalized spacial score (nSPS) is 13.0. The third-order valence-corrected chi connectivity index (χ3v) is 13.9. The highest BCUT2D eigenvalue weighted by Gasteiger charge is 2.19. The lowest BCUT2D eigenvalue weighted by Crippen LogP contribution is -2.30. The van der Waals surface area contributed by atoms with Gasteiger partial charge in [0.15, 0.2) is 6.10 Å². The molecule has 0 saturated heterocycles. The minimum atomic E-state index is -0.808. The molecule has 80 heavy (non-hydrogen) atoms. The highest BCUT2D eigenvalue weighted by atomic mass is 16.6. The molecule has 0 aromatic heterocycles. The quantitative estimate of drug-likeness (QED) is 0.0261. The lowest BCUT2D eigenvalue weighted by Gasteiger charge is -2.18. The van der Waals surface area contributed by atoms with Crippen LogP contribution in [0.3, 0.4) is 0 Å². The van der Waals surface area contributed by atoms with Crippen LogP contribution in [0.2, 0.25) is 0 Å². The molecule has 0 aliphatic rings. The molecule has 0 heterocycles. The molecule has 6 heteroatoms. The van der Waals surface area contributed by atoms with Crippen molar-refractivity contribution in [2.45, 2.75) is 303 Å². The molecular formula is C74H122O6. The molecule has 0 rings (SSSR count). The summed E-state index contributed by atoms with van der Waals surface area (Å²) in [5.41, 5.74) is 0. The molecule has 0 fully saturated rings. The Labute approximate surface area is 494 Å². The van der Waals surface area contributed by atoms with Gasteiger partial charge in [-0.05, 0) is 141 Å². The minimum absolute atomic E-state index is 0.101. The van der Waals surface area contributed by atoms with Gasteiger partial charge in [-0.25, -0.2) is 0 Å². The lowest BCUT2D eigenvalue weighted by molar-refractivity contribution is -0.167. The van der Waals surface area contributed by atoms with E-state index in [1.54, 1.807) is 0 Å². The van der Waals surface area contributed by atoms with Gasteiger partial charge in [-0.1, -0.05) is 270 Å². The zero-order valence-electron chi connectivity index (χ0n) is 52.0. The second kappa shape index (κ2) is 67.1. The zero-order valence-corrected chi connectivity index (χ0v) is 52.0. The van der Waals surface area contributed by atoms with E-state index in [2.05, 4.69) is 154 Å². The van der Waals surface area contributed by atoms with E-state index in [-0.39, 0.29) is 31.1 Å². The van der Waals surface area contributed by atoms with Crippen LogP contribution in [0.5, 0.6) is 0 Å². The molecule has 0 spiro atoms. The minimum Gasteiger partial charge on any atom is -0.462 e. The van der Waals surface area contributed by atoms with Crippen molar-refractivity contribution >= 4 is 17.9 Å². The number of rotatable bonds is 59. The second-order valence-electron chi connectivity index (χ2n) is 21.6. The van der Waals surface area contributed by atoms with Crippen LogP contribution in [-0.2, 0) is 28.6 Å². The first-order valence-corrected chi connectivity index (χ1v) is 33.2. The summed E-state index contributed by atoms with van der Waals surface area (Å²) in [5.74, 6) is -0.954. The van der Waals surface area contributed by atoms with Crippen LogP contribution in [0.15, 0.2) is 134 Å². The Hall–Kier alpha value is -4.45. The van der Waals surface area contributed by atoms with Crippen molar-refractivity contribution in [3.8, 4) is 0 Å². The molecule has 1 atom stereocenters. The van der Waals surface area contributed by atoms with Crippen LogP contribution in [0.25, 0.3) is 0 Å². The number of esters is 3. The topological polar surface area (TPSA) is 78.9 Å². The fourth-order valence-corrected chi connectivity index (χ4v) is 8.89. The highest BCUT2D eigenvalue weighted by Crippen LogP contribution is 2.15. The number of carbonyl (C=O) groups excluding carboxylic acids is 3. The van der Waals surface area contributed by atoms with Gasteiger partial charge in [0.2, 0.25) is 0 Å². The molecule has 0 aliphatic heterocycles. The Kier molecular flexibility index (Phi) is 63.3. The van der Waals surface area contributed by atoms with Crippen molar-refractivity contribution < 1.29 is 28.6 Å². The molecule has 6 nitrogen and oxygen atoms in total. The Morgan fingerprint density at radius 3 is 0.825 bits per heavy atom. The second-order valence-corrected chi connectivity index (χ2v) is 21.6. The van der Waals surface area contributed by atoms with Crippen molar-refractivity contribution in [1.29, 1.82) is 0 Å². The van der Waals surface area contributed by atoms with Gasteiger partial charge in [0.1, 0.15) is 13.2 Å². The fraction of sp³-hybridized carbons (Fsp3) is 0.662. The van der Waals surface area contributed by atoms with Crippen LogP contribution in [-0.4, -0.2) is 37.2 Å². The largest absolute Gasteiger partial charge is 0.462 e. The summed E-state index contributed by atoms with van der Waals surface area (Å²) < 4.78 is 16.9. The lowest BCUT2D eigenvalue weighted by atomic mass is 10.1. The van der Waals surface area contributed by atoms with Crippen LogP contribution in [0, 0.1) is 0 Å². The summed E-state index contributed by atoms with van der Waals surface area (Å²) in [4.78, 5) is 38.4. The van der Waals surface area contributed by atoms with E-state index in [1.807, 2.05) is 0 Å². The predicted molar refractivity (Wildman–Crippen MR) is 348 cm³/mol. The van der Waals surface area contributed by atoms with Gasteiger partial charge in [-0.3, -0.25) is 14.4 Å². The average Bonchev–Trinajstić information content (AvgIpc) is 3.46. The Bertz CT molecular complexity index is 1700. The maximum absolute atomic E-state index is 12.9. The standard InChI is InChI=1S/C74H122O6/c1-4-7-10-13-16-19-22-25-28-31-33-34-35-36-37-38-39-40-42-43-46-49-52-55-58-61-64-67-73(76)79-70-71(69-78-72(75)66-63-60-57-54-51-48-45-30-27-24-21-18-15-12-9-6-3)80-74(77)68-65-62-59-56-53-50-47-44-41-32-29-26-23-20-17-14-11-8-5-2/h7,10,16-17,19-20,25-26,28-30,33-34,36-37,39-40,43,45-46,52,55,71H,4-6,8-9,11-15,18,21-24,27,31-32,35,38,41-42,44,47-51,53-54,56-70H2,1-3H3/b10-7-,19-16-,20-17-,28-25-,29-26-,34-33-,37-36-,40-39-,45-30-,46-43-,55-52-. The number of ether oxygens (including phenoxy) is 3. The smallest absolute Gasteiger partial charge is 0.306 e. The van der Waals surface area contributed by atoms with E-state index < -0.39 is 6.10 Å². The summed E-state index contributed by atoms with van der Waals surface area (Å²) in [6.07, 6.45) is 94.5. The van der Waals surface area contributed by atoms with Crippen LogP contribution < -0.4 is 0 Å². The van der Waals surface area contributed by atoms with E-state index in [0.29, 0.717) is 25.7 Å². The van der Waals surface area contributed by atoms with Gasteiger partial charge >= 0.3 is 17.9 Å². The predicted octanol–water partition coefficient (Wildman–Crippen LogP) is 22.9.